The maximum absolute atomic E-state index is 11.8. The Balaban J connectivity index is 1.94. The average Bonchev–Trinajstić information content (AvgIpc) is 3.33. The second-order valence-corrected chi connectivity index (χ2v) is 11.0. The molecule has 0 saturated carbocycles. The third-order valence-electron chi connectivity index (χ3n) is 6.28. The molecule has 1 aromatic carbocycles. The van der Waals surface area contributed by atoms with E-state index in [1.165, 1.54) is 23.8 Å². The average molecular weight is 433 g/mol. The Bertz CT molecular complexity index is 1120. The van der Waals surface area contributed by atoms with Crippen molar-refractivity contribution in [2.24, 2.45) is 0 Å². The number of nitrogens with zero attached hydrogens (tertiary/aromatic N) is 3. The maximum atomic E-state index is 11.8. The lowest BCUT2D eigenvalue weighted by Crippen LogP contribution is -2.44. The molecule has 2 aromatic heterocycles. The zero-order chi connectivity index (χ0) is 22.3. The standard InChI is InChI=1S/C22H26B2N3OPS/c1-13(28)18-9-19(30-20(18)10-25)15-11-26-27(12-15)17-7-5-16(6-8-17)22(24,14(2)29)21(3,4)23/h5-9,11-12,14H,23-24,29H2,1-4H3. The molecule has 0 N–H and O–H groups in total. The number of carbonyl (C=O) groups is 1. The molecule has 30 heavy (non-hydrogen) atoms. The van der Waals surface area contributed by atoms with Gasteiger partial charge in [-0.15, -0.1) is 20.6 Å². The van der Waals surface area contributed by atoms with Gasteiger partial charge in [-0.25, -0.2) is 4.68 Å². The number of ketones is 1. The summed E-state index contributed by atoms with van der Waals surface area (Å²) in [5, 5.41) is 13.9. The molecule has 3 aromatic rings. The van der Waals surface area contributed by atoms with Gasteiger partial charge in [-0.1, -0.05) is 38.2 Å². The van der Waals surface area contributed by atoms with Crippen molar-refractivity contribution in [1.82, 2.24) is 9.78 Å². The monoisotopic (exact) mass is 433 g/mol. The van der Waals surface area contributed by atoms with Crippen molar-refractivity contribution in [1.29, 1.82) is 5.26 Å². The SMILES string of the molecule is BC(C)(C)C(B)(c1ccc(-n2cc(-c3cc(C(C)=O)c(C#N)s3)cn2)cc1)C(C)P. The topological polar surface area (TPSA) is 58.7 Å². The molecule has 0 saturated heterocycles. The third kappa shape index (κ3) is 3.92. The van der Waals surface area contributed by atoms with E-state index in [0.29, 0.717) is 16.1 Å². The van der Waals surface area contributed by atoms with E-state index in [-0.39, 0.29) is 16.4 Å². The van der Waals surface area contributed by atoms with Crippen LogP contribution in [0.5, 0.6) is 0 Å². The van der Waals surface area contributed by atoms with Crippen LogP contribution in [0, 0.1) is 11.3 Å². The smallest absolute Gasteiger partial charge is 0.162 e. The predicted molar refractivity (Wildman–Crippen MR) is 134 cm³/mol. The van der Waals surface area contributed by atoms with Gasteiger partial charge >= 0.3 is 0 Å². The van der Waals surface area contributed by atoms with Crippen LogP contribution in [0.2, 0.25) is 5.31 Å². The first kappa shape index (κ1) is 22.5. The molecule has 3 rings (SSSR count). The summed E-state index contributed by atoms with van der Waals surface area (Å²) in [6, 6.07) is 12.5. The van der Waals surface area contributed by atoms with Crippen molar-refractivity contribution in [3.05, 3.63) is 58.7 Å². The Morgan fingerprint density at radius 2 is 1.93 bits per heavy atom. The number of hydrogen-bond acceptors (Lipinski definition) is 4. The molecule has 0 spiro atoms. The Kier molecular flexibility index (Phi) is 6.14. The molecule has 0 aliphatic rings. The Morgan fingerprint density at radius 1 is 1.30 bits per heavy atom. The highest BCUT2D eigenvalue weighted by Crippen LogP contribution is 2.47. The van der Waals surface area contributed by atoms with Crippen LogP contribution in [0.25, 0.3) is 16.1 Å². The van der Waals surface area contributed by atoms with Gasteiger partial charge in [0.2, 0.25) is 0 Å². The fourth-order valence-corrected chi connectivity index (χ4v) is 5.48. The van der Waals surface area contributed by atoms with Crippen molar-refractivity contribution in [2.45, 2.75) is 44.0 Å². The van der Waals surface area contributed by atoms with E-state index < -0.39 is 0 Å². The summed E-state index contributed by atoms with van der Waals surface area (Å²) in [4.78, 5) is 13.1. The lowest BCUT2D eigenvalue weighted by atomic mass is 9.42. The molecule has 0 fully saturated rings. The summed E-state index contributed by atoms with van der Waals surface area (Å²) in [6.45, 7) is 8.30. The number of rotatable bonds is 6. The Labute approximate surface area is 186 Å². The van der Waals surface area contributed by atoms with Gasteiger partial charge in [-0.2, -0.15) is 10.4 Å². The van der Waals surface area contributed by atoms with Crippen LogP contribution in [0.4, 0.5) is 0 Å². The molecule has 0 bridgehead atoms. The van der Waals surface area contributed by atoms with Crippen LogP contribution in [-0.2, 0) is 5.31 Å². The van der Waals surface area contributed by atoms with Gasteiger partial charge in [-0.05, 0) is 41.7 Å². The van der Waals surface area contributed by atoms with Crippen LogP contribution >= 0.6 is 20.6 Å². The summed E-state index contributed by atoms with van der Waals surface area (Å²) in [5.41, 5.74) is 4.07. The molecule has 0 amide bonds. The normalized spacial score (nSPS) is 14.7. The number of aromatic nitrogens is 2. The van der Waals surface area contributed by atoms with Crippen LogP contribution in [0.1, 0.15) is 48.5 Å². The zero-order valence-corrected chi connectivity index (χ0v) is 20.3. The van der Waals surface area contributed by atoms with Gasteiger partial charge in [0.05, 0.1) is 11.9 Å². The first-order valence-electron chi connectivity index (χ1n) is 9.95. The van der Waals surface area contributed by atoms with Crippen LogP contribution < -0.4 is 0 Å². The molecule has 0 aliphatic heterocycles. The second-order valence-electron chi connectivity index (χ2n) is 8.98. The maximum Gasteiger partial charge on any atom is 0.162 e. The lowest BCUT2D eigenvalue weighted by Gasteiger charge is -2.46. The molecule has 8 heteroatoms. The predicted octanol–water partition coefficient (Wildman–Crippen LogP) is 3.60. The fraction of sp³-hybridized carbons (Fsp3) is 0.318. The van der Waals surface area contributed by atoms with E-state index >= 15 is 0 Å². The van der Waals surface area contributed by atoms with Gasteiger partial charge in [0.15, 0.2) is 5.78 Å². The van der Waals surface area contributed by atoms with E-state index in [1.807, 2.05) is 10.9 Å². The largest absolute Gasteiger partial charge is 0.294 e. The van der Waals surface area contributed by atoms with Crippen molar-refractivity contribution in [2.75, 3.05) is 0 Å². The van der Waals surface area contributed by atoms with Gasteiger partial charge in [0.25, 0.3) is 0 Å². The Hall–Kier alpha value is -2.15. The van der Waals surface area contributed by atoms with Crippen LogP contribution in [-0.4, -0.2) is 36.9 Å². The van der Waals surface area contributed by atoms with Crippen LogP contribution in [0.3, 0.4) is 0 Å². The molecule has 4 nitrogen and oxygen atoms in total. The second kappa shape index (κ2) is 8.17. The Morgan fingerprint density at radius 3 is 2.40 bits per heavy atom. The lowest BCUT2D eigenvalue weighted by molar-refractivity contribution is 0.101. The van der Waals surface area contributed by atoms with Gasteiger partial charge in [-0.3, -0.25) is 4.79 Å². The molecule has 3 atom stereocenters. The molecule has 0 radical (unpaired) electrons. The molecule has 0 aliphatic carbocycles. The van der Waals surface area contributed by atoms with Crippen molar-refractivity contribution in [3.63, 3.8) is 0 Å². The summed E-state index contributed by atoms with van der Waals surface area (Å²) < 4.78 is 1.83. The number of benzene rings is 1. The molecule has 3 unspecified atom stereocenters. The van der Waals surface area contributed by atoms with Gasteiger partial charge in [0.1, 0.15) is 26.6 Å². The van der Waals surface area contributed by atoms with E-state index in [0.717, 1.165) is 16.1 Å². The number of hydrogen-bond donors (Lipinski definition) is 0. The first-order valence-corrected chi connectivity index (χ1v) is 11.4. The minimum absolute atomic E-state index is 0.0131. The van der Waals surface area contributed by atoms with Gasteiger partial charge < -0.3 is 0 Å². The first-order chi connectivity index (χ1) is 14.0. The number of Topliss-reactive ketones (excluding diaryl/α,β-unsaturated/α-hetero) is 1. The fourth-order valence-electron chi connectivity index (χ4n) is 3.81. The number of carbonyl (C=O) groups excluding carboxylic acids is 1. The van der Waals surface area contributed by atoms with E-state index in [1.54, 1.807) is 12.3 Å². The van der Waals surface area contributed by atoms with E-state index in [9.17, 15) is 10.1 Å². The van der Waals surface area contributed by atoms with E-state index in [4.69, 9.17) is 0 Å². The minimum atomic E-state index is -0.0951. The quantitative estimate of drug-likeness (QED) is 0.339. The number of thiophene rings is 1. The molecular formula is C22H26B2N3OPS. The highest BCUT2D eigenvalue weighted by molar-refractivity contribution is 7.18. The minimum Gasteiger partial charge on any atom is -0.294 e. The van der Waals surface area contributed by atoms with Crippen molar-refractivity contribution >= 4 is 42.1 Å². The summed E-state index contributed by atoms with van der Waals surface area (Å²) >= 11 is 1.32. The van der Waals surface area contributed by atoms with Crippen molar-refractivity contribution < 1.29 is 4.79 Å². The summed E-state index contributed by atoms with van der Waals surface area (Å²) in [7, 11) is 7.57. The molecule has 152 valence electrons. The summed E-state index contributed by atoms with van der Waals surface area (Å²) in [5.74, 6) is -0.0951. The summed E-state index contributed by atoms with van der Waals surface area (Å²) in [6.07, 6.45) is 3.71. The van der Waals surface area contributed by atoms with E-state index in [2.05, 4.69) is 81.1 Å². The van der Waals surface area contributed by atoms with Gasteiger partial charge in [0, 0.05) is 22.2 Å². The molecular weight excluding hydrogens is 407 g/mol. The third-order valence-corrected chi connectivity index (χ3v) is 8.04. The van der Waals surface area contributed by atoms with Crippen LogP contribution in [0.15, 0.2) is 42.7 Å². The highest BCUT2D eigenvalue weighted by atomic mass is 32.1. The zero-order valence-electron chi connectivity index (χ0n) is 18.4. The van der Waals surface area contributed by atoms with Crippen molar-refractivity contribution in [3.8, 4) is 22.2 Å². The highest BCUT2D eigenvalue weighted by Gasteiger charge is 2.41. The number of nitriles is 1. The molecule has 2 heterocycles.